The quantitative estimate of drug-likeness (QED) is 0.734. The summed E-state index contributed by atoms with van der Waals surface area (Å²) in [5.41, 5.74) is 0. The topological polar surface area (TPSA) is 43.9 Å². The molecule has 2 saturated heterocycles. The van der Waals surface area contributed by atoms with E-state index in [0.29, 0.717) is 32.1 Å². The van der Waals surface area contributed by atoms with Crippen LogP contribution in [0.3, 0.4) is 0 Å². The Morgan fingerprint density at radius 1 is 0.750 bits per heavy atom. The average Bonchev–Trinajstić information content (AvgIpc) is 2.82. The van der Waals surface area contributed by atoms with Crippen molar-refractivity contribution in [3.63, 3.8) is 0 Å². The molecule has 2 rings (SSSR count). The number of hydrogen-bond acceptors (Lipinski definition) is 3. The van der Waals surface area contributed by atoms with Gasteiger partial charge in [0.05, 0.1) is 0 Å². The third kappa shape index (κ3) is 4.31. The second-order valence-corrected chi connectivity index (χ2v) is 7.91. The van der Waals surface area contributed by atoms with Gasteiger partial charge in [0.1, 0.15) is 0 Å². The van der Waals surface area contributed by atoms with E-state index in [2.05, 4.69) is 4.90 Å². The fourth-order valence-corrected chi connectivity index (χ4v) is 4.91. The maximum atomic E-state index is 12.7. The van der Waals surface area contributed by atoms with E-state index >= 15 is 0 Å². The Labute approximate surface area is 128 Å². The lowest BCUT2D eigenvalue weighted by molar-refractivity contribution is 0.298. The summed E-state index contributed by atoms with van der Waals surface area (Å²) in [5, 5.41) is 0. The second-order valence-electron chi connectivity index (χ2n) is 5.60. The van der Waals surface area contributed by atoms with Gasteiger partial charge in [-0.3, -0.25) is 0 Å². The van der Waals surface area contributed by atoms with E-state index < -0.39 is 10.2 Å². The molecule has 20 heavy (non-hydrogen) atoms. The van der Waals surface area contributed by atoms with Gasteiger partial charge in [0.25, 0.3) is 10.2 Å². The molecule has 0 aromatic carbocycles. The lowest BCUT2D eigenvalue weighted by atomic mass is 10.2. The molecule has 0 N–H and O–H groups in total. The first-order valence-electron chi connectivity index (χ1n) is 7.68. The highest BCUT2D eigenvalue weighted by atomic mass is 35.5. The van der Waals surface area contributed by atoms with Crippen molar-refractivity contribution in [1.29, 1.82) is 0 Å². The van der Waals surface area contributed by atoms with Gasteiger partial charge in [-0.05, 0) is 25.8 Å². The average molecular weight is 324 g/mol. The van der Waals surface area contributed by atoms with Crippen LogP contribution in [0.2, 0.25) is 0 Å². The van der Waals surface area contributed by atoms with Gasteiger partial charge in [-0.15, -0.1) is 11.6 Å². The van der Waals surface area contributed by atoms with Crippen LogP contribution < -0.4 is 0 Å². The van der Waals surface area contributed by atoms with Crippen molar-refractivity contribution in [2.24, 2.45) is 0 Å². The SMILES string of the molecule is O=S(=O)(N1CCCCCC1)N1CCCN(CCCl)CC1. The molecule has 0 saturated carbocycles. The number of alkyl halides is 1. The van der Waals surface area contributed by atoms with Crippen LogP contribution in [0.1, 0.15) is 32.1 Å². The van der Waals surface area contributed by atoms with Gasteiger partial charge in [0, 0.05) is 45.1 Å². The van der Waals surface area contributed by atoms with E-state index in [-0.39, 0.29) is 0 Å². The van der Waals surface area contributed by atoms with Crippen LogP contribution in [0.25, 0.3) is 0 Å². The van der Waals surface area contributed by atoms with Crippen molar-refractivity contribution in [1.82, 2.24) is 13.5 Å². The summed E-state index contributed by atoms with van der Waals surface area (Å²) in [7, 11) is -3.26. The minimum atomic E-state index is -3.26. The molecule has 0 aromatic rings. The van der Waals surface area contributed by atoms with Crippen molar-refractivity contribution >= 4 is 21.8 Å². The Morgan fingerprint density at radius 2 is 1.35 bits per heavy atom. The first-order valence-corrected chi connectivity index (χ1v) is 9.61. The van der Waals surface area contributed by atoms with Crippen LogP contribution in [0.15, 0.2) is 0 Å². The molecular formula is C13H26ClN3O2S. The maximum absolute atomic E-state index is 12.7. The fourth-order valence-electron chi connectivity index (χ4n) is 2.96. The number of halogens is 1. The Morgan fingerprint density at radius 3 is 2.00 bits per heavy atom. The van der Waals surface area contributed by atoms with Crippen LogP contribution >= 0.6 is 11.6 Å². The third-order valence-corrected chi connectivity index (χ3v) is 6.37. The van der Waals surface area contributed by atoms with Crippen LogP contribution in [0, 0.1) is 0 Å². The Balaban J connectivity index is 1.97. The zero-order valence-electron chi connectivity index (χ0n) is 12.1. The summed E-state index contributed by atoms with van der Waals surface area (Å²) in [5.74, 6) is 0.610. The smallest absolute Gasteiger partial charge is 0.282 e. The Kier molecular flexibility index (Phi) is 6.55. The van der Waals surface area contributed by atoms with Gasteiger partial charge in [0.2, 0.25) is 0 Å². The highest BCUT2D eigenvalue weighted by Gasteiger charge is 2.31. The molecule has 0 aromatic heterocycles. The molecule has 5 nitrogen and oxygen atoms in total. The zero-order valence-corrected chi connectivity index (χ0v) is 13.7. The summed E-state index contributed by atoms with van der Waals surface area (Å²) in [6.07, 6.45) is 5.17. The minimum absolute atomic E-state index is 0.593. The number of hydrogen-bond donors (Lipinski definition) is 0. The van der Waals surface area contributed by atoms with E-state index in [1.165, 1.54) is 0 Å². The monoisotopic (exact) mass is 323 g/mol. The predicted octanol–water partition coefficient (Wildman–Crippen LogP) is 1.35. The maximum Gasteiger partial charge on any atom is 0.282 e. The van der Waals surface area contributed by atoms with Gasteiger partial charge in [-0.2, -0.15) is 17.0 Å². The van der Waals surface area contributed by atoms with Gasteiger partial charge >= 0.3 is 0 Å². The van der Waals surface area contributed by atoms with Crippen molar-refractivity contribution in [2.45, 2.75) is 32.1 Å². The molecule has 0 spiro atoms. The largest absolute Gasteiger partial charge is 0.301 e. The summed E-state index contributed by atoms with van der Waals surface area (Å²) in [6.45, 7) is 5.18. The van der Waals surface area contributed by atoms with Crippen LogP contribution in [0.5, 0.6) is 0 Å². The summed E-state index contributed by atoms with van der Waals surface area (Å²) in [4.78, 5) is 2.25. The van der Waals surface area contributed by atoms with E-state index in [4.69, 9.17) is 11.6 Å². The molecule has 2 heterocycles. The van der Waals surface area contributed by atoms with Gasteiger partial charge in [-0.25, -0.2) is 0 Å². The van der Waals surface area contributed by atoms with Crippen molar-refractivity contribution in [2.75, 3.05) is 51.7 Å². The molecule has 118 valence electrons. The molecule has 7 heteroatoms. The van der Waals surface area contributed by atoms with Crippen LogP contribution in [0.4, 0.5) is 0 Å². The minimum Gasteiger partial charge on any atom is -0.301 e. The van der Waals surface area contributed by atoms with E-state index in [0.717, 1.165) is 51.7 Å². The molecule has 0 radical (unpaired) electrons. The van der Waals surface area contributed by atoms with E-state index in [1.54, 1.807) is 8.61 Å². The summed E-state index contributed by atoms with van der Waals surface area (Å²) in [6, 6.07) is 0. The first-order chi connectivity index (χ1) is 9.64. The molecule has 2 aliphatic heterocycles. The van der Waals surface area contributed by atoms with Gasteiger partial charge < -0.3 is 4.90 Å². The molecule has 2 fully saturated rings. The second kappa shape index (κ2) is 7.94. The molecule has 0 amide bonds. The molecule has 0 atom stereocenters. The molecule has 0 bridgehead atoms. The van der Waals surface area contributed by atoms with E-state index in [9.17, 15) is 8.42 Å². The molecule has 0 aliphatic carbocycles. The third-order valence-electron chi connectivity index (χ3n) is 4.17. The van der Waals surface area contributed by atoms with Gasteiger partial charge in [0.15, 0.2) is 0 Å². The summed E-state index contributed by atoms with van der Waals surface area (Å²) < 4.78 is 28.8. The lowest BCUT2D eigenvalue weighted by Gasteiger charge is -2.28. The molecule has 2 aliphatic rings. The van der Waals surface area contributed by atoms with Crippen LogP contribution in [-0.2, 0) is 10.2 Å². The standard InChI is InChI=1S/C13H26ClN3O2S/c14-6-11-15-7-5-10-17(13-12-15)20(18,19)16-8-3-1-2-4-9-16/h1-13H2. The lowest BCUT2D eigenvalue weighted by Crippen LogP contribution is -2.45. The van der Waals surface area contributed by atoms with Gasteiger partial charge in [-0.1, -0.05) is 12.8 Å². The predicted molar refractivity (Wildman–Crippen MR) is 82.3 cm³/mol. The highest BCUT2D eigenvalue weighted by molar-refractivity contribution is 7.86. The van der Waals surface area contributed by atoms with Crippen molar-refractivity contribution in [3.05, 3.63) is 0 Å². The van der Waals surface area contributed by atoms with Crippen molar-refractivity contribution < 1.29 is 8.42 Å². The molecule has 0 unspecified atom stereocenters. The fraction of sp³-hybridized carbons (Fsp3) is 1.00. The summed E-state index contributed by atoms with van der Waals surface area (Å²) >= 11 is 5.77. The highest BCUT2D eigenvalue weighted by Crippen LogP contribution is 2.18. The normalized spacial score (nSPS) is 25.2. The van der Waals surface area contributed by atoms with E-state index in [1.807, 2.05) is 0 Å². The Hall–Kier alpha value is 0.120. The Bertz CT molecular complexity index is 383. The van der Waals surface area contributed by atoms with Crippen LogP contribution in [-0.4, -0.2) is 73.6 Å². The van der Waals surface area contributed by atoms with Crippen molar-refractivity contribution in [3.8, 4) is 0 Å². The first kappa shape index (κ1) is 16.5. The number of rotatable bonds is 4. The molecular weight excluding hydrogens is 298 g/mol. The number of nitrogens with zero attached hydrogens (tertiary/aromatic N) is 3. The zero-order chi connectivity index (χ0) is 14.4.